The number of rotatable bonds is 7. The molecule has 1 rings (SSSR count). The lowest BCUT2D eigenvalue weighted by molar-refractivity contribution is 0.0976. The SMILES string of the molecule is COc1cc(C)c(C)cc1C(=O)CCCCCBr. The van der Waals surface area contributed by atoms with Crippen LogP contribution in [0.2, 0.25) is 0 Å². The molecule has 18 heavy (non-hydrogen) atoms. The van der Waals surface area contributed by atoms with E-state index in [2.05, 4.69) is 15.9 Å². The molecule has 3 heteroatoms. The second-order valence-electron chi connectivity index (χ2n) is 4.56. The fourth-order valence-corrected chi connectivity index (χ4v) is 2.26. The highest BCUT2D eigenvalue weighted by Crippen LogP contribution is 2.25. The van der Waals surface area contributed by atoms with Gasteiger partial charge >= 0.3 is 0 Å². The van der Waals surface area contributed by atoms with E-state index in [-0.39, 0.29) is 5.78 Å². The number of aryl methyl sites for hydroxylation is 2. The molecule has 0 heterocycles. The third-order valence-electron chi connectivity index (χ3n) is 3.15. The van der Waals surface area contributed by atoms with Gasteiger partial charge in [0.2, 0.25) is 0 Å². The number of carbonyl (C=O) groups excluding carboxylic acids is 1. The molecule has 0 bridgehead atoms. The summed E-state index contributed by atoms with van der Waals surface area (Å²) in [5.74, 6) is 0.883. The molecule has 0 saturated carbocycles. The summed E-state index contributed by atoms with van der Waals surface area (Å²) in [6, 6.07) is 3.89. The summed E-state index contributed by atoms with van der Waals surface area (Å²) in [5.41, 5.74) is 3.02. The number of unbranched alkanes of at least 4 members (excludes halogenated alkanes) is 2. The standard InChI is InChI=1S/C15H21BrO2/c1-11-9-13(15(18-3)10-12(11)2)14(17)7-5-4-6-8-16/h9-10H,4-8H2,1-3H3. The van der Waals surface area contributed by atoms with Crippen molar-refractivity contribution in [2.24, 2.45) is 0 Å². The minimum atomic E-state index is 0.185. The van der Waals surface area contributed by atoms with Gasteiger partial charge in [0.1, 0.15) is 5.75 Å². The van der Waals surface area contributed by atoms with E-state index in [0.717, 1.165) is 41.3 Å². The van der Waals surface area contributed by atoms with Crippen molar-refractivity contribution in [3.8, 4) is 5.75 Å². The first-order valence-electron chi connectivity index (χ1n) is 6.34. The average Bonchev–Trinajstić information content (AvgIpc) is 2.37. The zero-order valence-corrected chi connectivity index (χ0v) is 13.0. The molecular formula is C15H21BrO2. The van der Waals surface area contributed by atoms with Crippen molar-refractivity contribution in [3.63, 3.8) is 0 Å². The largest absolute Gasteiger partial charge is 0.496 e. The van der Waals surface area contributed by atoms with Crippen LogP contribution in [0.3, 0.4) is 0 Å². The van der Waals surface area contributed by atoms with Crippen LogP contribution in [0.5, 0.6) is 5.75 Å². The van der Waals surface area contributed by atoms with Crippen LogP contribution in [0, 0.1) is 13.8 Å². The Hall–Kier alpha value is -0.830. The maximum Gasteiger partial charge on any atom is 0.166 e. The number of benzene rings is 1. The monoisotopic (exact) mass is 312 g/mol. The minimum absolute atomic E-state index is 0.185. The van der Waals surface area contributed by atoms with Gasteiger partial charge in [-0.2, -0.15) is 0 Å². The maximum atomic E-state index is 12.2. The quantitative estimate of drug-likeness (QED) is 0.422. The highest BCUT2D eigenvalue weighted by atomic mass is 79.9. The molecule has 2 nitrogen and oxygen atoms in total. The zero-order valence-electron chi connectivity index (χ0n) is 11.4. The number of halogens is 1. The molecule has 0 aliphatic carbocycles. The van der Waals surface area contributed by atoms with Gasteiger partial charge in [0, 0.05) is 11.8 Å². The molecule has 0 radical (unpaired) electrons. The van der Waals surface area contributed by atoms with E-state index in [9.17, 15) is 4.79 Å². The number of hydrogen-bond donors (Lipinski definition) is 0. The highest BCUT2D eigenvalue weighted by molar-refractivity contribution is 9.09. The second-order valence-corrected chi connectivity index (χ2v) is 5.35. The Labute approximate surface area is 118 Å². The number of Topliss-reactive ketones (excluding diaryl/α,β-unsaturated/α-hetero) is 1. The summed E-state index contributed by atoms with van der Waals surface area (Å²) in [6.45, 7) is 4.05. The first-order valence-corrected chi connectivity index (χ1v) is 7.46. The summed E-state index contributed by atoms with van der Waals surface area (Å²) in [5, 5.41) is 1.01. The number of hydrogen-bond acceptors (Lipinski definition) is 2. The Morgan fingerprint density at radius 3 is 2.44 bits per heavy atom. The summed E-state index contributed by atoms with van der Waals surface area (Å²) >= 11 is 3.40. The Kier molecular flexibility index (Phi) is 6.41. The fourth-order valence-electron chi connectivity index (χ4n) is 1.87. The van der Waals surface area contributed by atoms with Gasteiger partial charge in [-0.1, -0.05) is 22.4 Å². The van der Waals surface area contributed by atoms with Crippen molar-refractivity contribution in [1.29, 1.82) is 0 Å². The second kappa shape index (κ2) is 7.57. The van der Waals surface area contributed by atoms with Crippen LogP contribution in [0.4, 0.5) is 0 Å². The lowest BCUT2D eigenvalue weighted by Gasteiger charge is -2.11. The van der Waals surface area contributed by atoms with Crippen molar-refractivity contribution in [3.05, 3.63) is 28.8 Å². The Balaban J connectivity index is 2.75. The zero-order chi connectivity index (χ0) is 13.5. The van der Waals surface area contributed by atoms with E-state index in [0.29, 0.717) is 12.2 Å². The number of ketones is 1. The maximum absolute atomic E-state index is 12.2. The van der Waals surface area contributed by atoms with Gasteiger partial charge < -0.3 is 4.74 Å². The van der Waals surface area contributed by atoms with E-state index in [1.54, 1.807) is 7.11 Å². The van der Waals surface area contributed by atoms with Crippen LogP contribution in [0.1, 0.15) is 47.2 Å². The average molecular weight is 313 g/mol. The molecule has 0 spiro atoms. The van der Waals surface area contributed by atoms with Gasteiger partial charge in [0.05, 0.1) is 12.7 Å². The third-order valence-corrected chi connectivity index (χ3v) is 3.71. The van der Waals surface area contributed by atoms with Gasteiger partial charge in [-0.3, -0.25) is 4.79 Å². The predicted octanol–water partition coefficient (Wildman–Crippen LogP) is 4.45. The minimum Gasteiger partial charge on any atom is -0.496 e. The lowest BCUT2D eigenvalue weighted by Crippen LogP contribution is -2.03. The topological polar surface area (TPSA) is 26.3 Å². The van der Waals surface area contributed by atoms with Gasteiger partial charge in [-0.05, 0) is 49.9 Å². The van der Waals surface area contributed by atoms with E-state index in [1.807, 2.05) is 26.0 Å². The van der Waals surface area contributed by atoms with Gasteiger partial charge in [0.15, 0.2) is 5.78 Å². The molecule has 0 aromatic heterocycles. The normalized spacial score (nSPS) is 10.4. The summed E-state index contributed by atoms with van der Waals surface area (Å²) < 4.78 is 5.30. The molecule has 1 aromatic carbocycles. The van der Waals surface area contributed by atoms with Crippen LogP contribution in [-0.4, -0.2) is 18.2 Å². The Morgan fingerprint density at radius 1 is 1.17 bits per heavy atom. The molecular weight excluding hydrogens is 292 g/mol. The van der Waals surface area contributed by atoms with E-state index in [1.165, 1.54) is 0 Å². The van der Waals surface area contributed by atoms with Crippen LogP contribution < -0.4 is 4.74 Å². The molecule has 0 aliphatic heterocycles. The Morgan fingerprint density at radius 2 is 1.83 bits per heavy atom. The first kappa shape index (κ1) is 15.2. The van der Waals surface area contributed by atoms with Crippen LogP contribution in [0.15, 0.2) is 12.1 Å². The summed E-state index contributed by atoms with van der Waals surface area (Å²) in [4.78, 5) is 12.2. The van der Waals surface area contributed by atoms with E-state index >= 15 is 0 Å². The predicted molar refractivity (Wildman–Crippen MR) is 79.1 cm³/mol. The number of methoxy groups -OCH3 is 1. The van der Waals surface area contributed by atoms with E-state index < -0.39 is 0 Å². The van der Waals surface area contributed by atoms with Crippen LogP contribution in [-0.2, 0) is 0 Å². The van der Waals surface area contributed by atoms with Gasteiger partial charge in [0.25, 0.3) is 0 Å². The van der Waals surface area contributed by atoms with Gasteiger partial charge in [-0.25, -0.2) is 0 Å². The smallest absolute Gasteiger partial charge is 0.166 e. The number of carbonyl (C=O) groups is 1. The number of alkyl halides is 1. The number of ether oxygens (including phenoxy) is 1. The molecule has 0 atom stereocenters. The van der Waals surface area contributed by atoms with Crippen molar-refractivity contribution in [2.45, 2.75) is 39.5 Å². The molecule has 0 saturated heterocycles. The lowest BCUT2D eigenvalue weighted by atomic mass is 9.99. The fraction of sp³-hybridized carbons (Fsp3) is 0.533. The van der Waals surface area contributed by atoms with Crippen LogP contribution in [0.25, 0.3) is 0 Å². The van der Waals surface area contributed by atoms with Crippen LogP contribution >= 0.6 is 15.9 Å². The van der Waals surface area contributed by atoms with Gasteiger partial charge in [-0.15, -0.1) is 0 Å². The summed E-state index contributed by atoms with van der Waals surface area (Å²) in [6.07, 6.45) is 3.76. The molecule has 0 unspecified atom stereocenters. The third kappa shape index (κ3) is 4.13. The van der Waals surface area contributed by atoms with Crippen molar-refractivity contribution < 1.29 is 9.53 Å². The Bertz CT molecular complexity index is 413. The van der Waals surface area contributed by atoms with Crippen molar-refractivity contribution in [2.75, 3.05) is 12.4 Å². The molecule has 0 aliphatic rings. The molecule has 100 valence electrons. The van der Waals surface area contributed by atoms with E-state index in [4.69, 9.17) is 4.74 Å². The molecule has 0 fully saturated rings. The van der Waals surface area contributed by atoms with Crippen molar-refractivity contribution in [1.82, 2.24) is 0 Å². The molecule has 0 N–H and O–H groups in total. The summed E-state index contributed by atoms with van der Waals surface area (Å²) in [7, 11) is 1.62. The molecule has 0 amide bonds. The highest BCUT2D eigenvalue weighted by Gasteiger charge is 2.13. The molecule has 1 aromatic rings. The van der Waals surface area contributed by atoms with Crippen molar-refractivity contribution >= 4 is 21.7 Å². The first-order chi connectivity index (χ1) is 8.60.